The second-order valence-electron chi connectivity index (χ2n) is 6.06. The van der Waals surface area contributed by atoms with Crippen LogP contribution in [0.4, 0.5) is 5.13 Å². The zero-order valence-corrected chi connectivity index (χ0v) is 16.8. The molecule has 0 atom stereocenters. The molecule has 3 aromatic rings. The van der Waals surface area contributed by atoms with Crippen molar-refractivity contribution in [3.05, 3.63) is 70.7 Å². The monoisotopic (exact) mass is 417 g/mol. The van der Waals surface area contributed by atoms with E-state index in [1.54, 1.807) is 37.4 Å². The van der Waals surface area contributed by atoms with Gasteiger partial charge in [-0.05, 0) is 11.6 Å². The Morgan fingerprint density at radius 3 is 2.54 bits per heavy atom. The van der Waals surface area contributed by atoms with Crippen molar-refractivity contribution >= 4 is 32.2 Å². The van der Waals surface area contributed by atoms with Crippen molar-refractivity contribution in [2.24, 2.45) is 0 Å². The van der Waals surface area contributed by atoms with Crippen LogP contribution in [0.25, 0.3) is 0 Å². The van der Waals surface area contributed by atoms with E-state index in [0.29, 0.717) is 17.0 Å². The van der Waals surface area contributed by atoms with Crippen LogP contribution in [0, 0.1) is 0 Å². The Balaban J connectivity index is 1.59. The maximum absolute atomic E-state index is 12.2. The molecule has 0 saturated carbocycles. The van der Waals surface area contributed by atoms with E-state index in [4.69, 9.17) is 4.74 Å². The van der Waals surface area contributed by atoms with Crippen molar-refractivity contribution in [3.63, 3.8) is 0 Å². The Labute approximate surface area is 167 Å². The van der Waals surface area contributed by atoms with Gasteiger partial charge in [0.15, 0.2) is 9.84 Å². The number of nitrogens with zero attached hydrogens (tertiary/aromatic N) is 2. The summed E-state index contributed by atoms with van der Waals surface area (Å²) in [6.07, 6.45) is 0.504. The number of carbonyl (C=O) groups is 1. The van der Waals surface area contributed by atoms with Crippen molar-refractivity contribution in [1.29, 1.82) is 0 Å². The molecule has 2 aromatic carbocycles. The van der Waals surface area contributed by atoms with Crippen molar-refractivity contribution < 1.29 is 17.9 Å². The quantitative estimate of drug-likeness (QED) is 0.605. The summed E-state index contributed by atoms with van der Waals surface area (Å²) >= 11 is 1.20. The van der Waals surface area contributed by atoms with Gasteiger partial charge in [-0.2, -0.15) is 0 Å². The molecule has 0 radical (unpaired) electrons. The summed E-state index contributed by atoms with van der Waals surface area (Å²) in [5.41, 5.74) is 1.59. The molecule has 1 N–H and O–H groups in total. The highest BCUT2D eigenvalue weighted by atomic mass is 32.2. The molecule has 146 valence electrons. The van der Waals surface area contributed by atoms with E-state index in [-0.39, 0.29) is 10.9 Å². The fraction of sp³-hybridized carbons (Fsp3) is 0.211. The van der Waals surface area contributed by atoms with Gasteiger partial charge in [0.2, 0.25) is 11.0 Å². The highest BCUT2D eigenvalue weighted by Gasteiger charge is 2.19. The fourth-order valence-corrected chi connectivity index (χ4v) is 4.67. The molecule has 9 heteroatoms. The minimum absolute atomic E-state index is 0.184. The first-order valence-corrected chi connectivity index (χ1v) is 11.1. The lowest BCUT2D eigenvalue weighted by molar-refractivity contribution is -0.113. The predicted molar refractivity (Wildman–Crippen MR) is 108 cm³/mol. The summed E-state index contributed by atoms with van der Waals surface area (Å²) in [5.74, 6) is -0.675. The third-order valence-corrected chi connectivity index (χ3v) is 6.14. The Hall–Kier alpha value is -2.78. The molecule has 1 heterocycles. The number of benzene rings is 2. The molecule has 0 bridgehead atoms. The topological polar surface area (TPSA) is 98.2 Å². The summed E-state index contributed by atoms with van der Waals surface area (Å²) in [7, 11) is -1.98. The molecule has 0 unspecified atom stereocenters. The largest absolute Gasteiger partial charge is 0.496 e. The lowest BCUT2D eigenvalue weighted by Crippen LogP contribution is -2.23. The molecule has 0 aliphatic heterocycles. The molecular formula is C19H19N3O4S2. The first-order valence-electron chi connectivity index (χ1n) is 8.43. The molecular weight excluding hydrogens is 398 g/mol. The molecule has 0 spiro atoms. The number of para-hydroxylation sites is 1. The van der Waals surface area contributed by atoms with Gasteiger partial charge in [0.25, 0.3) is 0 Å². The number of ether oxygens (including phenoxy) is 1. The zero-order valence-electron chi connectivity index (χ0n) is 15.2. The normalized spacial score (nSPS) is 11.2. The minimum Gasteiger partial charge on any atom is -0.496 e. The van der Waals surface area contributed by atoms with Gasteiger partial charge in [0.05, 0.1) is 12.9 Å². The van der Waals surface area contributed by atoms with Gasteiger partial charge < -0.3 is 4.74 Å². The average molecular weight is 418 g/mol. The number of sulfone groups is 1. The number of hydrogen-bond acceptors (Lipinski definition) is 7. The van der Waals surface area contributed by atoms with Gasteiger partial charge in [-0.25, -0.2) is 8.42 Å². The third kappa shape index (κ3) is 5.61. The van der Waals surface area contributed by atoms with Crippen molar-refractivity contribution in [2.45, 2.75) is 12.2 Å². The van der Waals surface area contributed by atoms with Gasteiger partial charge in [0, 0.05) is 12.0 Å². The Morgan fingerprint density at radius 1 is 1.07 bits per heavy atom. The van der Waals surface area contributed by atoms with E-state index in [2.05, 4.69) is 15.5 Å². The first kappa shape index (κ1) is 20.0. The van der Waals surface area contributed by atoms with E-state index in [1.165, 1.54) is 11.3 Å². The van der Waals surface area contributed by atoms with Crippen molar-refractivity contribution in [2.75, 3.05) is 18.2 Å². The summed E-state index contributed by atoms with van der Waals surface area (Å²) in [5, 5.41) is 11.4. The van der Waals surface area contributed by atoms with Crippen LogP contribution in [-0.4, -0.2) is 37.4 Å². The summed E-state index contributed by atoms with van der Waals surface area (Å²) < 4.78 is 29.7. The van der Waals surface area contributed by atoms with E-state index in [9.17, 15) is 13.2 Å². The number of rotatable bonds is 8. The van der Waals surface area contributed by atoms with Gasteiger partial charge in [0.1, 0.15) is 16.5 Å². The molecule has 1 aromatic heterocycles. The lowest BCUT2D eigenvalue weighted by atomic mass is 10.1. The van der Waals surface area contributed by atoms with Gasteiger partial charge in [-0.15, -0.1) is 10.2 Å². The minimum atomic E-state index is -3.58. The molecule has 0 aliphatic carbocycles. The van der Waals surface area contributed by atoms with Crippen LogP contribution in [-0.2, 0) is 26.8 Å². The zero-order chi connectivity index (χ0) is 20.0. The first-order chi connectivity index (χ1) is 13.4. The number of amides is 1. The van der Waals surface area contributed by atoms with Crippen LogP contribution in [0.5, 0.6) is 5.75 Å². The second kappa shape index (κ2) is 8.94. The van der Waals surface area contributed by atoms with Crippen LogP contribution < -0.4 is 10.1 Å². The van der Waals surface area contributed by atoms with Gasteiger partial charge in [-0.3, -0.25) is 10.1 Å². The van der Waals surface area contributed by atoms with Crippen LogP contribution in [0.15, 0.2) is 54.6 Å². The average Bonchev–Trinajstić information content (AvgIpc) is 3.08. The van der Waals surface area contributed by atoms with E-state index < -0.39 is 21.5 Å². The number of carbonyl (C=O) groups excluding carboxylic acids is 1. The van der Waals surface area contributed by atoms with Gasteiger partial charge in [-0.1, -0.05) is 59.9 Å². The molecule has 28 heavy (non-hydrogen) atoms. The van der Waals surface area contributed by atoms with Crippen LogP contribution in [0.1, 0.15) is 16.1 Å². The number of aromatic nitrogens is 2. The summed E-state index contributed by atoms with van der Waals surface area (Å²) in [4.78, 5) is 12.1. The molecule has 1 amide bonds. The summed E-state index contributed by atoms with van der Waals surface area (Å²) in [6.45, 7) is 0. The van der Waals surface area contributed by atoms with E-state index >= 15 is 0 Å². The van der Waals surface area contributed by atoms with E-state index in [0.717, 1.165) is 11.3 Å². The van der Waals surface area contributed by atoms with Crippen molar-refractivity contribution in [1.82, 2.24) is 10.2 Å². The Bertz CT molecular complexity index is 1050. The maximum Gasteiger partial charge on any atom is 0.241 e. The van der Waals surface area contributed by atoms with E-state index in [1.807, 2.05) is 24.3 Å². The number of hydrogen-bond donors (Lipinski definition) is 1. The number of nitrogens with one attached hydrogen (secondary N) is 1. The number of methoxy groups -OCH3 is 1. The molecule has 0 fully saturated rings. The maximum atomic E-state index is 12.2. The standard InChI is InChI=1S/C19H19N3O4S2/c1-26-16-10-6-5-9-15(16)11-18-21-22-19(27-18)20-17(23)13-28(24,25)12-14-7-3-2-4-8-14/h2-10H,11-13H2,1H3,(H,20,22,23). The Morgan fingerprint density at radius 2 is 1.79 bits per heavy atom. The summed E-state index contributed by atoms with van der Waals surface area (Å²) in [6, 6.07) is 16.3. The molecule has 7 nitrogen and oxygen atoms in total. The second-order valence-corrected chi connectivity index (χ2v) is 9.18. The van der Waals surface area contributed by atoms with Crippen LogP contribution in [0.3, 0.4) is 0 Å². The highest BCUT2D eigenvalue weighted by Crippen LogP contribution is 2.24. The highest BCUT2D eigenvalue weighted by molar-refractivity contribution is 7.91. The fourth-order valence-electron chi connectivity index (χ4n) is 2.62. The molecule has 0 saturated heterocycles. The van der Waals surface area contributed by atoms with Crippen LogP contribution in [0.2, 0.25) is 0 Å². The SMILES string of the molecule is COc1ccccc1Cc1nnc(NC(=O)CS(=O)(=O)Cc2ccccc2)s1. The van der Waals surface area contributed by atoms with Crippen LogP contribution >= 0.6 is 11.3 Å². The number of anilines is 1. The molecule has 0 aliphatic rings. The smallest absolute Gasteiger partial charge is 0.241 e. The molecule has 3 rings (SSSR count). The van der Waals surface area contributed by atoms with Crippen molar-refractivity contribution in [3.8, 4) is 5.75 Å². The lowest BCUT2D eigenvalue weighted by Gasteiger charge is -2.05. The Kier molecular flexibility index (Phi) is 6.37. The third-order valence-electron chi connectivity index (χ3n) is 3.83. The van der Waals surface area contributed by atoms with Gasteiger partial charge >= 0.3 is 0 Å². The predicted octanol–water partition coefficient (Wildman–Crippen LogP) is 2.69.